The fraction of sp³-hybridized carbons (Fsp3) is 0.625. The molecule has 1 saturated heterocycles. The van der Waals surface area contributed by atoms with Crippen molar-refractivity contribution in [3.63, 3.8) is 0 Å². The van der Waals surface area contributed by atoms with Crippen LogP contribution in [0, 0.1) is 18.8 Å². The van der Waals surface area contributed by atoms with Crippen LogP contribution in [0.4, 0.5) is 4.39 Å². The van der Waals surface area contributed by atoms with E-state index in [0.717, 1.165) is 50.5 Å². The molecule has 0 atom stereocenters. The van der Waals surface area contributed by atoms with Crippen LogP contribution >= 0.6 is 0 Å². The second-order valence-corrected chi connectivity index (χ2v) is 13.1. The van der Waals surface area contributed by atoms with Crippen molar-refractivity contribution in [3.05, 3.63) is 52.1 Å². The van der Waals surface area contributed by atoms with Crippen molar-refractivity contribution in [2.75, 3.05) is 13.2 Å². The van der Waals surface area contributed by atoms with E-state index in [1.807, 2.05) is 12.1 Å². The van der Waals surface area contributed by atoms with E-state index in [-0.39, 0.29) is 34.1 Å². The van der Waals surface area contributed by atoms with E-state index in [2.05, 4.69) is 39.1 Å². The summed E-state index contributed by atoms with van der Waals surface area (Å²) in [5, 5.41) is 3.03. The number of ether oxygens (including phenoxy) is 1. The van der Waals surface area contributed by atoms with Gasteiger partial charge in [0, 0.05) is 30.9 Å². The smallest absolute Gasteiger partial charge is 0.256 e. The van der Waals surface area contributed by atoms with Gasteiger partial charge in [0.1, 0.15) is 0 Å². The van der Waals surface area contributed by atoms with E-state index in [4.69, 9.17) is 4.74 Å². The lowest BCUT2D eigenvalue weighted by atomic mass is 9.83. The summed E-state index contributed by atoms with van der Waals surface area (Å²) in [7, 11) is 0. The van der Waals surface area contributed by atoms with Crippen LogP contribution in [0.1, 0.15) is 123 Å². The maximum atomic E-state index is 16.6. The summed E-state index contributed by atoms with van der Waals surface area (Å²) in [6, 6.07) is 6.24. The molecule has 5 rings (SSSR count). The highest BCUT2D eigenvalue weighted by Crippen LogP contribution is 2.49. The molecule has 5 nitrogen and oxygen atoms in total. The highest BCUT2D eigenvalue weighted by molar-refractivity contribution is 6.04. The van der Waals surface area contributed by atoms with Crippen LogP contribution in [-0.2, 0) is 15.6 Å². The number of Topliss-reactive ketones (excluding diaryl/α,β-unsaturated/α-hetero) is 1. The van der Waals surface area contributed by atoms with E-state index in [0.29, 0.717) is 43.0 Å². The average molecular weight is 523 g/mol. The number of nitrogens with one attached hydrogen (secondary N) is 1. The molecule has 0 radical (unpaired) electrons. The molecule has 0 bridgehead atoms. The lowest BCUT2D eigenvalue weighted by molar-refractivity contribution is 0.0694. The van der Waals surface area contributed by atoms with Crippen molar-refractivity contribution in [2.24, 2.45) is 5.92 Å². The largest absolute Gasteiger partial charge is 0.381 e. The van der Waals surface area contributed by atoms with Crippen LogP contribution in [0.2, 0.25) is 0 Å². The second-order valence-electron chi connectivity index (χ2n) is 13.1. The number of nitrogens with zero attached hydrogens (tertiary/aromatic N) is 1. The number of hydrogen-bond donors (Lipinski definition) is 1. The molecule has 38 heavy (non-hydrogen) atoms. The number of rotatable bonds is 6. The SMILES string of the molecule is Cc1c(C(=O)NC2CCOCC2)c(F)n(-c2cc(C(C)(C)C)cc(C3(C)CC3)c2)c1C(=O)C1CCCCC1. The Kier molecular flexibility index (Phi) is 7.32. The van der Waals surface area contributed by atoms with Gasteiger partial charge in [-0.25, -0.2) is 0 Å². The summed E-state index contributed by atoms with van der Waals surface area (Å²) in [6.07, 6.45) is 8.40. The molecule has 3 aliphatic rings. The van der Waals surface area contributed by atoms with Crippen LogP contribution < -0.4 is 5.32 Å². The third kappa shape index (κ3) is 5.21. The van der Waals surface area contributed by atoms with Crippen molar-refractivity contribution in [3.8, 4) is 5.69 Å². The van der Waals surface area contributed by atoms with Crippen LogP contribution in [0.25, 0.3) is 5.69 Å². The van der Waals surface area contributed by atoms with Crippen molar-refractivity contribution < 1.29 is 18.7 Å². The lowest BCUT2D eigenvalue weighted by Gasteiger charge is -2.25. The summed E-state index contributed by atoms with van der Waals surface area (Å²) >= 11 is 0. The van der Waals surface area contributed by atoms with Gasteiger partial charge in [-0.15, -0.1) is 0 Å². The standard InChI is InChI=1S/C32H43FN2O3/c1-20-26(30(37)34-24-11-15-38-16-12-24)29(33)35(27(20)28(36)21-9-7-6-8-10-21)25-18-22(31(2,3)4)17-23(19-25)32(5)13-14-32/h17-19,21,24H,6-16H2,1-5H3,(H,34,37). The Hall–Kier alpha value is -2.47. The van der Waals surface area contributed by atoms with Gasteiger partial charge < -0.3 is 10.1 Å². The lowest BCUT2D eigenvalue weighted by Crippen LogP contribution is -2.39. The fourth-order valence-electron chi connectivity index (χ4n) is 6.11. The second kappa shape index (κ2) is 10.3. The number of aromatic nitrogens is 1. The molecule has 2 saturated carbocycles. The Balaban J connectivity index is 1.66. The molecule has 6 heteroatoms. The molecule has 0 spiro atoms. The zero-order chi connectivity index (χ0) is 27.2. The molecule has 1 N–H and O–H groups in total. The number of carbonyl (C=O) groups is 2. The Labute approximate surface area is 226 Å². The molecule has 2 heterocycles. The normalized spacial score (nSPS) is 20.4. The zero-order valence-corrected chi connectivity index (χ0v) is 23.7. The number of halogens is 1. The van der Waals surface area contributed by atoms with E-state index < -0.39 is 11.9 Å². The third-order valence-corrected chi connectivity index (χ3v) is 9.09. The summed E-state index contributed by atoms with van der Waals surface area (Å²) in [5.74, 6) is -1.24. The van der Waals surface area contributed by atoms with Crippen molar-refractivity contribution in [1.29, 1.82) is 0 Å². The van der Waals surface area contributed by atoms with Gasteiger partial charge in [-0.2, -0.15) is 4.39 Å². The first-order valence-electron chi connectivity index (χ1n) is 14.5. The van der Waals surface area contributed by atoms with Gasteiger partial charge in [0.2, 0.25) is 5.95 Å². The number of benzene rings is 1. The number of ketones is 1. The summed E-state index contributed by atoms with van der Waals surface area (Å²) in [4.78, 5) is 27.5. The monoisotopic (exact) mass is 522 g/mol. The van der Waals surface area contributed by atoms with Crippen molar-refractivity contribution in [1.82, 2.24) is 9.88 Å². The minimum absolute atomic E-state index is 0.00371. The van der Waals surface area contributed by atoms with Gasteiger partial charge >= 0.3 is 0 Å². The quantitative estimate of drug-likeness (QED) is 0.418. The van der Waals surface area contributed by atoms with Crippen LogP contribution in [0.3, 0.4) is 0 Å². The molecule has 3 fully saturated rings. The Bertz CT molecular complexity index is 1200. The molecule has 0 unspecified atom stereocenters. The summed E-state index contributed by atoms with van der Waals surface area (Å²) in [5.41, 5.74) is 3.63. The van der Waals surface area contributed by atoms with Gasteiger partial charge in [-0.1, -0.05) is 53.0 Å². The van der Waals surface area contributed by atoms with Gasteiger partial charge in [-0.3, -0.25) is 14.2 Å². The van der Waals surface area contributed by atoms with Crippen LogP contribution in [0.5, 0.6) is 0 Å². The zero-order valence-electron chi connectivity index (χ0n) is 23.7. The van der Waals surface area contributed by atoms with E-state index in [1.165, 1.54) is 10.1 Å². The fourth-order valence-corrected chi connectivity index (χ4v) is 6.11. The molecule has 1 aliphatic heterocycles. The van der Waals surface area contributed by atoms with Crippen LogP contribution in [0.15, 0.2) is 18.2 Å². The first-order chi connectivity index (χ1) is 18.0. The van der Waals surface area contributed by atoms with E-state index >= 15 is 4.39 Å². The van der Waals surface area contributed by atoms with Crippen molar-refractivity contribution >= 4 is 11.7 Å². The maximum Gasteiger partial charge on any atom is 0.256 e. The molecule has 2 aliphatic carbocycles. The minimum Gasteiger partial charge on any atom is -0.381 e. The molecule has 1 aromatic heterocycles. The van der Waals surface area contributed by atoms with E-state index in [9.17, 15) is 9.59 Å². The molecule has 1 amide bonds. The van der Waals surface area contributed by atoms with Gasteiger partial charge in [0.25, 0.3) is 5.91 Å². The Morgan fingerprint density at radius 1 is 1.03 bits per heavy atom. The Morgan fingerprint density at radius 2 is 1.68 bits per heavy atom. The molecular weight excluding hydrogens is 479 g/mol. The summed E-state index contributed by atoms with van der Waals surface area (Å²) < 4.78 is 23.5. The number of amides is 1. The highest BCUT2D eigenvalue weighted by Gasteiger charge is 2.41. The maximum absolute atomic E-state index is 16.6. The third-order valence-electron chi connectivity index (χ3n) is 9.09. The average Bonchev–Trinajstić information content (AvgIpc) is 3.59. The van der Waals surface area contributed by atoms with Crippen LogP contribution in [-0.4, -0.2) is 35.5 Å². The van der Waals surface area contributed by atoms with E-state index in [1.54, 1.807) is 6.92 Å². The predicted molar refractivity (Wildman–Crippen MR) is 148 cm³/mol. The number of hydrogen-bond acceptors (Lipinski definition) is 3. The van der Waals surface area contributed by atoms with Gasteiger partial charge in [-0.05, 0) is 85.1 Å². The minimum atomic E-state index is -0.635. The number of carbonyl (C=O) groups excluding carboxylic acids is 2. The van der Waals surface area contributed by atoms with Gasteiger partial charge in [0.05, 0.1) is 11.3 Å². The highest BCUT2D eigenvalue weighted by atomic mass is 19.1. The molecule has 1 aromatic carbocycles. The van der Waals surface area contributed by atoms with Crippen molar-refractivity contribution in [2.45, 2.75) is 109 Å². The molecule has 206 valence electrons. The first kappa shape index (κ1) is 27.1. The summed E-state index contributed by atoms with van der Waals surface area (Å²) in [6.45, 7) is 11.6. The molecule has 2 aromatic rings. The topological polar surface area (TPSA) is 60.3 Å². The first-order valence-corrected chi connectivity index (χ1v) is 14.5. The Morgan fingerprint density at radius 3 is 2.29 bits per heavy atom. The van der Waals surface area contributed by atoms with Gasteiger partial charge in [0.15, 0.2) is 5.78 Å². The molecular formula is C32H43FN2O3. The predicted octanol–water partition coefficient (Wildman–Crippen LogP) is 6.95.